The molecule has 2 amide bonds. The van der Waals surface area contributed by atoms with Gasteiger partial charge >= 0.3 is 18.4 Å². The van der Waals surface area contributed by atoms with Crippen LogP contribution in [0, 0.1) is 0 Å². The average Bonchev–Trinajstić information content (AvgIpc) is 3.24. The van der Waals surface area contributed by atoms with Crippen molar-refractivity contribution >= 4 is 29.0 Å². The van der Waals surface area contributed by atoms with E-state index in [4.69, 9.17) is 11.6 Å². The van der Waals surface area contributed by atoms with E-state index < -0.39 is 39.9 Å². The first kappa shape index (κ1) is 27.3. The lowest BCUT2D eigenvalue weighted by atomic mass is 9.72. The molecule has 1 atom stereocenters. The summed E-state index contributed by atoms with van der Waals surface area (Å²) >= 11 is 5.99. The largest absolute Gasteiger partial charge is 0.417 e. The minimum absolute atomic E-state index is 0.0104. The third-order valence-electron chi connectivity index (χ3n) is 6.16. The molecule has 1 aliphatic heterocycles. The number of allylic oxidation sites excluding steroid dienone is 1. The van der Waals surface area contributed by atoms with Gasteiger partial charge < -0.3 is 5.32 Å². The van der Waals surface area contributed by atoms with Crippen LogP contribution in [0.1, 0.15) is 28.7 Å². The maximum atomic E-state index is 13.3. The zero-order valence-electron chi connectivity index (χ0n) is 19.6. The molecule has 0 aliphatic carbocycles. The molecular formula is C27H20ClF6N3O. The van der Waals surface area contributed by atoms with Gasteiger partial charge in [0.1, 0.15) is 0 Å². The van der Waals surface area contributed by atoms with Gasteiger partial charge in [-0.25, -0.2) is 9.80 Å². The Morgan fingerprint density at radius 2 is 1.66 bits per heavy atom. The van der Waals surface area contributed by atoms with Gasteiger partial charge in [0, 0.05) is 11.3 Å². The van der Waals surface area contributed by atoms with E-state index >= 15 is 0 Å². The van der Waals surface area contributed by atoms with Crippen molar-refractivity contribution in [3.63, 3.8) is 0 Å². The molecule has 0 aromatic heterocycles. The SMILES string of the molecule is C=CCC1(c2ccccc2)CN(C(=O)Nc2ccc(C(F)(F)F)cc2)N=C1c1ccc(C(F)(F)F)c(Cl)c1. The van der Waals surface area contributed by atoms with E-state index in [0.29, 0.717) is 5.71 Å². The predicted octanol–water partition coefficient (Wildman–Crippen LogP) is 8.14. The fraction of sp³-hybridized carbons (Fsp3) is 0.185. The van der Waals surface area contributed by atoms with Crippen LogP contribution in [0.15, 0.2) is 90.6 Å². The molecule has 4 nitrogen and oxygen atoms in total. The number of urea groups is 1. The van der Waals surface area contributed by atoms with Gasteiger partial charge in [-0.1, -0.05) is 54.1 Å². The van der Waals surface area contributed by atoms with E-state index in [1.54, 1.807) is 24.3 Å². The second kappa shape index (κ2) is 10.2. The maximum absolute atomic E-state index is 13.3. The van der Waals surface area contributed by atoms with Crippen molar-refractivity contribution in [3.8, 4) is 0 Å². The van der Waals surface area contributed by atoms with Gasteiger partial charge in [-0.2, -0.15) is 31.4 Å². The van der Waals surface area contributed by atoms with Crippen LogP contribution >= 0.6 is 11.6 Å². The minimum atomic E-state index is -4.65. The standard InChI is InChI=1S/C27H20ClF6N3O/c1-2-14-25(18-6-4-3-5-7-18)16-37(24(38)35-20-11-9-19(10-12-20)26(29,30)31)36-23(25)17-8-13-21(22(28)15-17)27(32,33)34/h2-13,15H,1,14,16H2,(H,35,38). The van der Waals surface area contributed by atoms with Crippen LogP contribution in [-0.2, 0) is 17.8 Å². The molecule has 1 N–H and O–H groups in total. The minimum Gasteiger partial charge on any atom is -0.306 e. The topological polar surface area (TPSA) is 44.7 Å². The van der Waals surface area contributed by atoms with Crippen molar-refractivity contribution in [2.24, 2.45) is 5.10 Å². The van der Waals surface area contributed by atoms with Crippen LogP contribution in [0.25, 0.3) is 0 Å². The average molecular weight is 552 g/mol. The van der Waals surface area contributed by atoms with Gasteiger partial charge in [0.2, 0.25) is 0 Å². The summed E-state index contributed by atoms with van der Waals surface area (Å²) < 4.78 is 78.6. The number of hydrogen-bond donors (Lipinski definition) is 1. The quantitative estimate of drug-likeness (QED) is 0.252. The van der Waals surface area contributed by atoms with Crippen LogP contribution in [-0.4, -0.2) is 23.3 Å². The van der Waals surface area contributed by atoms with E-state index in [-0.39, 0.29) is 24.2 Å². The monoisotopic (exact) mass is 551 g/mol. The van der Waals surface area contributed by atoms with Crippen LogP contribution in [0.3, 0.4) is 0 Å². The number of alkyl halides is 6. The first-order valence-corrected chi connectivity index (χ1v) is 11.6. The van der Waals surface area contributed by atoms with Crippen LogP contribution in [0.2, 0.25) is 5.02 Å². The molecule has 1 heterocycles. The molecule has 0 fully saturated rings. The number of anilines is 1. The first-order chi connectivity index (χ1) is 17.8. The zero-order valence-corrected chi connectivity index (χ0v) is 20.3. The highest BCUT2D eigenvalue weighted by Gasteiger charge is 2.46. The van der Waals surface area contributed by atoms with Gasteiger partial charge in [-0.05, 0) is 48.4 Å². The van der Waals surface area contributed by atoms with E-state index in [1.807, 2.05) is 12.1 Å². The number of amides is 2. The Labute approximate surface area is 219 Å². The molecule has 198 valence electrons. The van der Waals surface area contributed by atoms with E-state index in [2.05, 4.69) is 17.0 Å². The Morgan fingerprint density at radius 1 is 1.00 bits per heavy atom. The lowest BCUT2D eigenvalue weighted by molar-refractivity contribution is -0.138. The Hall–Kier alpha value is -3.79. The maximum Gasteiger partial charge on any atom is 0.417 e. The van der Waals surface area contributed by atoms with Crippen molar-refractivity contribution in [2.75, 3.05) is 11.9 Å². The number of carbonyl (C=O) groups is 1. The number of benzene rings is 3. The zero-order chi connectivity index (χ0) is 27.7. The summed E-state index contributed by atoms with van der Waals surface area (Å²) in [5.41, 5.74) is -1.44. The molecule has 4 rings (SSSR count). The molecular weight excluding hydrogens is 532 g/mol. The second-order valence-electron chi connectivity index (χ2n) is 8.64. The lowest BCUT2D eigenvalue weighted by Gasteiger charge is -2.30. The van der Waals surface area contributed by atoms with Crippen LogP contribution in [0.4, 0.5) is 36.8 Å². The van der Waals surface area contributed by atoms with Crippen LogP contribution in [0.5, 0.6) is 0 Å². The number of hydrogen-bond acceptors (Lipinski definition) is 2. The Kier molecular flexibility index (Phi) is 7.29. The van der Waals surface area contributed by atoms with E-state index in [0.717, 1.165) is 47.0 Å². The number of rotatable bonds is 5. The van der Waals surface area contributed by atoms with Gasteiger partial charge in [0.15, 0.2) is 0 Å². The number of nitrogens with zero attached hydrogens (tertiary/aromatic N) is 2. The van der Waals surface area contributed by atoms with Crippen molar-refractivity contribution in [2.45, 2.75) is 24.2 Å². The van der Waals surface area contributed by atoms with Crippen molar-refractivity contribution < 1.29 is 31.1 Å². The van der Waals surface area contributed by atoms with Crippen molar-refractivity contribution in [3.05, 3.63) is 113 Å². The lowest BCUT2D eigenvalue weighted by Crippen LogP contribution is -2.41. The molecule has 1 aliphatic rings. The number of nitrogens with one attached hydrogen (secondary N) is 1. The number of hydrazone groups is 1. The molecule has 38 heavy (non-hydrogen) atoms. The third kappa shape index (κ3) is 5.40. The Bertz CT molecular complexity index is 1370. The van der Waals surface area contributed by atoms with Gasteiger partial charge in [-0.3, -0.25) is 0 Å². The summed E-state index contributed by atoms with van der Waals surface area (Å²) in [4.78, 5) is 13.1. The second-order valence-corrected chi connectivity index (χ2v) is 9.05. The first-order valence-electron chi connectivity index (χ1n) is 11.2. The molecule has 0 saturated heterocycles. The highest BCUT2D eigenvalue weighted by Crippen LogP contribution is 2.41. The number of halogens is 7. The molecule has 0 radical (unpaired) electrons. The summed E-state index contributed by atoms with van der Waals surface area (Å²) in [7, 11) is 0. The summed E-state index contributed by atoms with van der Waals surface area (Å²) in [6.45, 7) is 3.80. The van der Waals surface area contributed by atoms with E-state index in [1.165, 1.54) is 6.07 Å². The molecule has 3 aromatic rings. The highest BCUT2D eigenvalue weighted by molar-refractivity contribution is 6.32. The van der Waals surface area contributed by atoms with Crippen LogP contribution < -0.4 is 5.32 Å². The third-order valence-corrected chi connectivity index (χ3v) is 6.47. The molecule has 0 saturated carbocycles. The normalized spacial score (nSPS) is 17.8. The van der Waals surface area contributed by atoms with Crippen molar-refractivity contribution in [1.82, 2.24) is 5.01 Å². The summed E-state index contributed by atoms with van der Waals surface area (Å²) in [5, 5.41) is 7.55. The molecule has 0 spiro atoms. The van der Waals surface area contributed by atoms with Crippen molar-refractivity contribution in [1.29, 1.82) is 0 Å². The smallest absolute Gasteiger partial charge is 0.306 e. The van der Waals surface area contributed by atoms with Gasteiger partial charge in [0.05, 0.1) is 33.8 Å². The number of carbonyl (C=O) groups excluding carboxylic acids is 1. The molecule has 0 bridgehead atoms. The van der Waals surface area contributed by atoms with Gasteiger partial charge in [0.25, 0.3) is 0 Å². The Morgan fingerprint density at radius 3 is 2.21 bits per heavy atom. The summed E-state index contributed by atoms with van der Waals surface area (Å²) in [6.07, 6.45) is -7.29. The molecule has 1 unspecified atom stereocenters. The fourth-order valence-corrected chi connectivity index (χ4v) is 4.65. The molecule has 11 heteroatoms. The summed E-state index contributed by atoms with van der Waals surface area (Å²) in [6, 6.07) is 15.4. The molecule has 3 aromatic carbocycles. The predicted molar refractivity (Wildman–Crippen MR) is 133 cm³/mol. The Balaban J connectivity index is 1.74. The summed E-state index contributed by atoms with van der Waals surface area (Å²) in [5.74, 6) is 0. The van der Waals surface area contributed by atoms with Gasteiger partial charge in [-0.15, -0.1) is 6.58 Å². The van der Waals surface area contributed by atoms with E-state index in [9.17, 15) is 31.1 Å². The fourth-order valence-electron chi connectivity index (χ4n) is 4.37. The highest BCUT2D eigenvalue weighted by atomic mass is 35.5.